The molecule has 2 rings (SSSR count). The van der Waals surface area contributed by atoms with Crippen molar-refractivity contribution < 1.29 is 28.6 Å². The second kappa shape index (κ2) is 9.36. The number of fused-ring (bicyclic) bond motifs is 1. The van der Waals surface area contributed by atoms with Gasteiger partial charge in [-0.3, -0.25) is 4.79 Å². The van der Waals surface area contributed by atoms with Gasteiger partial charge in [-0.1, -0.05) is 13.8 Å². The third-order valence-electron chi connectivity index (χ3n) is 4.26. The summed E-state index contributed by atoms with van der Waals surface area (Å²) < 4.78 is 15.1. The molecule has 0 fully saturated rings. The van der Waals surface area contributed by atoms with Crippen LogP contribution in [0, 0.1) is 5.92 Å². The highest BCUT2D eigenvalue weighted by Gasteiger charge is 2.26. The molecule has 1 amide bonds. The number of carbonyl (C=O) groups is 2. The third kappa shape index (κ3) is 5.32. The Bertz CT molecular complexity index is 903. The van der Waals surface area contributed by atoms with Crippen LogP contribution >= 0.6 is 0 Å². The van der Waals surface area contributed by atoms with Crippen LogP contribution in [0.4, 0.5) is 0 Å². The molecular weight excluding hydrogens is 366 g/mol. The maximum absolute atomic E-state index is 12.2. The summed E-state index contributed by atoms with van der Waals surface area (Å²) in [4.78, 5) is 36.4. The summed E-state index contributed by atoms with van der Waals surface area (Å²) >= 11 is 0. The second-order valence-electron chi connectivity index (χ2n) is 6.89. The van der Waals surface area contributed by atoms with Crippen molar-refractivity contribution in [3.63, 3.8) is 0 Å². The Labute approximate surface area is 162 Å². The number of methoxy groups -OCH3 is 2. The van der Waals surface area contributed by atoms with E-state index in [0.29, 0.717) is 22.3 Å². The van der Waals surface area contributed by atoms with Gasteiger partial charge in [-0.25, -0.2) is 9.59 Å². The lowest BCUT2D eigenvalue weighted by molar-refractivity contribution is -0.146. The van der Waals surface area contributed by atoms with Crippen LogP contribution < -0.4 is 15.7 Å². The molecule has 1 aromatic heterocycles. The van der Waals surface area contributed by atoms with E-state index >= 15 is 0 Å². The number of esters is 1. The van der Waals surface area contributed by atoms with Gasteiger partial charge in [-0.05, 0) is 30.0 Å². The molecule has 28 heavy (non-hydrogen) atoms. The maximum atomic E-state index is 12.2. The molecule has 152 valence electrons. The first kappa shape index (κ1) is 21.4. The molecular formula is C20H25NO7. The Morgan fingerprint density at radius 3 is 2.54 bits per heavy atom. The lowest BCUT2D eigenvalue weighted by Crippen LogP contribution is -2.47. The predicted molar refractivity (Wildman–Crippen MR) is 102 cm³/mol. The van der Waals surface area contributed by atoms with Gasteiger partial charge in [-0.2, -0.15) is 0 Å². The molecule has 1 aromatic carbocycles. The lowest BCUT2D eigenvalue weighted by atomic mass is 10.0. The fraction of sp³-hybridized carbons (Fsp3) is 0.450. The largest absolute Gasteiger partial charge is 0.497 e. The lowest BCUT2D eigenvalue weighted by Gasteiger charge is -2.20. The minimum absolute atomic E-state index is 0.00123. The minimum Gasteiger partial charge on any atom is -0.497 e. The zero-order valence-electron chi connectivity index (χ0n) is 16.4. The zero-order valence-corrected chi connectivity index (χ0v) is 16.4. The molecule has 0 aliphatic carbocycles. The van der Waals surface area contributed by atoms with Crippen molar-refractivity contribution in [1.82, 2.24) is 5.32 Å². The Morgan fingerprint density at radius 1 is 1.21 bits per heavy atom. The van der Waals surface area contributed by atoms with Crippen LogP contribution in [0.3, 0.4) is 0 Å². The number of aliphatic hydroxyl groups is 1. The van der Waals surface area contributed by atoms with Gasteiger partial charge in [-0.15, -0.1) is 0 Å². The Hall–Kier alpha value is -2.87. The Morgan fingerprint density at radius 2 is 1.93 bits per heavy atom. The fourth-order valence-corrected chi connectivity index (χ4v) is 2.88. The number of aliphatic hydroxyl groups excluding tert-OH is 1. The van der Waals surface area contributed by atoms with E-state index in [1.807, 2.05) is 13.8 Å². The first-order valence-electron chi connectivity index (χ1n) is 8.92. The highest BCUT2D eigenvalue weighted by Crippen LogP contribution is 2.23. The number of nitrogens with one attached hydrogen (secondary N) is 1. The minimum atomic E-state index is -1.24. The smallest absolute Gasteiger partial charge is 0.336 e. The van der Waals surface area contributed by atoms with Crippen molar-refractivity contribution in [2.24, 2.45) is 5.92 Å². The molecule has 0 bridgehead atoms. The average Bonchev–Trinajstić information content (AvgIpc) is 2.65. The number of ether oxygens (including phenoxy) is 2. The molecule has 8 heteroatoms. The van der Waals surface area contributed by atoms with E-state index in [1.165, 1.54) is 20.3 Å². The number of rotatable bonds is 8. The maximum Gasteiger partial charge on any atom is 0.336 e. The van der Waals surface area contributed by atoms with Gasteiger partial charge >= 0.3 is 11.6 Å². The SMILES string of the molecule is COC(=O)[C@H](Cc1cc(=O)oc2cc(OC)ccc12)NC(=O)[C@@H](O)CC(C)C. The number of hydrogen-bond acceptors (Lipinski definition) is 7. The standard InChI is InChI=1S/C20H25NO7/c1-11(2)7-16(22)19(24)21-15(20(25)27-4)8-12-9-18(23)28-17-10-13(26-3)5-6-14(12)17/h5-6,9-11,15-16,22H,7-8H2,1-4H3,(H,21,24)/t15-,16-/m0/s1. The van der Waals surface area contributed by atoms with Crippen molar-refractivity contribution in [3.8, 4) is 5.75 Å². The summed E-state index contributed by atoms with van der Waals surface area (Å²) in [5.41, 5.74) is 0.213. The molecule has 0 aliphatic rings. The summed E-state index contributed by atoms with van der Waals surface area (Å²) in [5.74, 6) is -0.726. The van der Waals surface area contributed by atoms with Crippen LogP contribution in [-0.2, 0) is 20.7 Å². The number of benzene rings is 1. The number of amides is 1. The first-order valence-corrected chi connectivity index (χ1v) is 8.92. The molecule has 0 unspecified atom stereocenters. The van der Waals surface area contributed by atoms with E-state index in [9.17, 15) is 19.5 Å². The molecule has 2 atom stereocenters. The van der Waals surface area contributed by atoms with Crippen molar-refractivity contribution >= 4 is 22.8 Å². The quantitative estimate of drug-likeness (QED) is 0.516. The summed E-state index contributed by atoms with van der Waals surface area (Å²) in [6.07, 6.45) is -0.979. The molecule has 2 N–H and O–H groups in total. The summed E-state index contributed by atoms with van der Waals surface area (Å²) in [6, 6.07) is 5.17. The van der Waals surface area contributed by atoms with Gasteiger partial charge in [0.15, 0.2) is 0 Å². The molecule has 1 heterocycles. The van der Waals surface area contributed by atoms with E-state index in [-0.39, 0.29) is 18.8 Å². The summed E-state index contributed by atoms with van der Waals surface area (Å²) in [7, 11) is 2.70. The van der Waals surface area contributed by atoms with E-state index in [1.54, 1.807) is 18.2 Å². The second-order valence-corrected chi connectivity index (χ2v) is 6.89. The zero-order chi connectivity index (χ0) is 20.8. The Kier molecular flexibility index (Phi) is 7.17. The molecule has 0 spiro atoms. The molecule has 0 saturated heterocycles. The van der Waals surface area contributed by atoms with Crippen molar-refractivity contribution in [1.29, 1.82) is 0 Å². The highest BCUT2D eigenvalue weighted by molar-refractivity contribution is 5.88. The third-order valence-corrected chi connectivity index (χ3v) is 4.26. The molecule has 8 nitrogen and oxygen atoms in total. The van der Waals surface area contributed by atoms with Crippen molar-refractivity contribution in [3.05, 3.63) is 40.2 Å². The van der Waals surface area contributed by atoms with Crippen LogP contribution in [0.25, 0.3) is 11.0 Å². The van der Waals surface area contributed by atoms with Crippen LogP contribution in [-0.4, -0.2) is 43.3 Å². The molecule has 2 aromatic rings. The van der Waals surface area contributed by atoms with Gasteiger partial charge in [0.05, 0.1) is 14.2 Å². The molecule has 0 aliphatic heterocycles. The fourth-order valence-electron chi connectivity index (χ4n) is 2.88. The van der Waals surface area contributed by atoms with E-state index < -0.39 is 29.6 Å². The molecule has 0 radical (unpaired) electrons. The van der Waals surface area contributed by atoms with Crippen molar-refractivity contribution in [2.75, 3.05) is 14.2 Å². The van der Waals surface area contributed by atoms with Crippen LogP contribution in [0.2, 0.25) is 0 Å². The van der Waals surface area contributed by atoms with Gasteiger partial charge in [0.2, 0.25) is 5.91 Å². The first-order chi connectivity index (χ1) is 13.2. The van der Waals surface area contributed by atoms with Crippen LogP contribution in [0.5, 0.6) is 5.75 Å². The van der Waals surface area contributed by atoms with E-state index in [0.717, 1.165) is 0 Å². The highest BCUT2D eigenvalue weighted by atomic mass is 16.5. The monoisotopic (exact) mass is 391 g/mol. The predicted octanol–water partition coefficient (Wildman–Crippen LogP) is 1.41. The van der Waals surface area contributed by atoms with Gasteiger partial charge in [0, 0.05) is 23.9 Å². The van der Waals surface area contributed by atoms with Crippen molar-refractivity contribution in [2.45, 2.75) is 38.8 Å². The normalized spacial score (nSPS) is 13.2. The van der Waals surface area contributed by atoms with Gasteiger partial charge in [0.25, 0.3) is 0 Å². The van der Waals surface area contributed by atoms with Crippen LogP contribution in [0.1, 0.15) is 25.8 Å². The van der Waals surface area contributed by atoms with E-state index in [4.69, 9.17) is 13.9 Å². The number of carbonyl (C=O) groups excluding carboxylic acids is 2. The van der Waals surface area contributed by atoms with Gasteiger partial charge in [0.1, 0.15) is 23.5 Å². The summed E-state index contributed by atoms with van der Waals surface area (Å²) in [6.45, 7) is 3.75. The average molecular weight is 391 g/mol. The topological polar surface area (TPSA) is 115 Å². The summed E-state index contributed by atoms with van der Waals surface area (Å²) in [5, 5.41) is 13.1. The van der Waals surface area contributed by atoms with Gasteiger partial charge < -0.3 is 24.3 Å². The molecule has 0 saturated carbocycles. The van der Waals surface area contributed by atoms with E-state index in [2.05, 4.69) is 5.32 Å². The Balaban J connectivity index is 2.33. The number of hydrogen-bond donors (Lipinski definition) is 2. The van der Waals surface area contributed by atoms with Crippen LogP contribution in [0.15, 0.2) is 33.5 Å².